The first kappa shape index (κ1) is 23.3. The second-order valence-corrected chi connectivity index (χ2v) is 6.68. The lowest BCUT2D eigenvalue weighted by Crippen LogP contribution is -2.37. The van der Waals surface area contributed by atoms with Crippen molar-refractivity contribution in [2.75, 3.05) is 13.7 Å². The molecule has 0 aliphatic heterocycles. The molecule has 2 aromatic carbocycles. The zero-order chi connectivity index (χ0) is 22.3. The number of carbonyl (C=O) groups is 2. The van der Waals surface area contributed by atoms with Gasteiger partial charge in [-0.15, -0.1) is 0 Å². The first-order valence-corrected chi connectivity index (χ1v) is 8.99. The molecule has 9 heteroatoms. The Kier molecular flexibility index (Phi) is 7.93. The Bertz CT molecular complexity index is 868. The van der Waals surface area contributed by atoms with Crippen molar-refractivity contribution in [3.05, 3.63) is 71.0 Å². The largest absolute Gasteiger partial charge is 0.449 e. The molecule has 162 valence electrons. The molecule has 2 rings (SSSR count). The highest BCUT2D eigenvalue weighted by Crippen LogP contribution is 2.16. The van der Waals surface area contributed by atoms with Crippen molar-refractivity contribution in [2.45, 2.75) is 32.4 Å². The van der Waals surface area contributed by atoms with Crippen molar-refractivity contribution in [3.8, 4) is 0 Å². The lowest BCUT2D eigenvalue weighted by molar-refractivity contribution is -0.176. The minimum atomic E-state index is -4.41. The lowest BCUT2D eigenvalue weighted by atomic mass is 10.1. The first-order chi connectivity index (χ1) is 14.0. The average molecular weight is 427 g/mol. The van der Waals surface area contributed by atoms with Crippen LogP contribution in [0.15, 0.2) is 48.5 Å². The SMILES string of the molecule is CC(OC(=O)c1ccc(COCC(F)(F)F)cc1)C(=O)N(C)Cc1cccc(F)c1. The van der Waals surface area contributed by atoms with E-state index in [2.05, 4.69) is 4.74 Å². The van der Waals surface area contributed by atoms with Crippen LogP contribution >= 0.6 is 0 Å². The van der Waals surface area contributed by atoms with Crippen molar-refractivity contribution in [3.63, 3.8) is 0 Å². The topological polar surface area (TPSA) is 55.8 Å². The van der Waals surface area contributed by atoms with Crippen LogP contribution in [-0.2, 0) is 27.4 Å². The van der Waals surface area contributed by atoms with E-state index in [-0.39, 0.29) is 18.7 Å². The Labute approximate surface area is 171 Å². The Hall–Kier alpha value is -2.94. The molecule has 0 heterocycles. The summed E-state index contributed by atoms with van der Waals surface area (Å²) in [7, 11) is 1.51. The van der Waals surface area contributed by atoms with Crippen LogP contribution in [0.2, 0.25) is 0 Å². The summed E-state index contributed by atoms with van der Waals surface area (Å²) in [5.74, 6) is -1.64. The lowest BCUT2D eigenvalue weighted by Gasteiger charge is -2.21. The van der Waals surface area contributed by atoms with E-state index in [1.807, 2.05) is 0 Å². The summed E-state index contributed by atoms with van der Waals surface area (Å²) >= 11 is 0. The maximum Gasteiger partial charge on any atom is 0.411 e. The summed E-state index contributed by atoms with van der Waals surface area (Å²) in [6, 6.07) is 11.4. The number of nitrogens with zero attached hydrogens (tertiary/aromatic N) is 1. The van der Waals surface area contributed by atoms with Gasteiger partial charge in [0, 0.05) is 13.6 Å². The molecule has 30 heavy (non-hydrogen) atoms. The summed E-state index contributed by atoms with van der Waals surface area (Å²) in [6.45, 7) is -0.0546. The minimum Gasteiger partial charge on any atom is -0.449 e. The molecule has 1 unspecified atom stereocenters. The quantitative estimate of drug-likeness (QED) is 0.470. The van der Waals surface area contributed by atoms with Gasteiger partial charge in [0.25, 0.3) is 5.91 Å². The number of carbonyl (C=O) groups excluding carboxylic acids is 2. The minimum absolute atomic E-state index is 0.141. The zero-order valence-corrected chi connectivity index (χ0v) is 16.4. The number of amides is 1. The highest BCUT2D eigenvalue weighted by molar-refractivity contribution is 5.92. The molecule has 0 saturated heterocycles. The second-order valence-electron chi connectivity index (χ2n) is 6.68. The van der Waals surface area contributed by atoms with Gasteiger partial charge in [-0.25, -0.2) is 9.18 Å². The van der Waals surface area contributed by atoms with Crippen LogP contribution in [0, 0.1) is 5.82 Å². The highest BCUT2D eigenvalue weighted by atomic mass is 19.4. The van der Waals surface area contributed by atoms with Crippen molar-refractivity contribution < 1.29 is 36.6 Å². The van der Waals surface area contributed by atoms with Gasteiger partial charge < -0.3 is 14.4 Å². The Morgan fingerprint density at radius 2 is 1.73 bits per heavy atom. The molecule has 0 radical (unpaired) electrons. The Morgan fingerprint density at radius 1 is 1.07 bits per heavy atom. The number of benzene rings is 2. The van der Waals surface area contributed by atoms with Gasteiger partial charge in [-0.3, -0.25) is 4.79 Å². The van der Waals surface area contributed by atoms with Crippen LogP contribution in [0.1, 0.15) is 28.4 Å². The number of halogens is 4. The third-order valence-electron chi connectivity index (χ3n) is 4.04. The van der Waals surface area contributed by atoms with Crippen LogP contribution in [0.3, 0.4) is 0 Å². The van der Waals surface area contributed by atoms with Gasteiger partial charge in [0.15, 0.2) is 6.10 Å². The fraction of sp³-hybridized carbons (Fsp3) is 0.333. The van der Waals surface area contributed by atoms with Gasteiger partial charge in [-0.05, 0) is 42.3 Å². The molecule has 0 spiro atoms. The van der Waals surface area contributed by atoms with Crippen molar-refractivity contribution in [2.24, 2.45) is 0 Å². The van der Waals surface area contributed by atoms with Crippen molar-refractivity contribution in [1.29, 1.82) is 0 Å². The highest BCUT2D eigenvalue weighted by Gasteiger charge is 2.27. The van der Waals surface area contributed by atoms with Crippen LogP contribution in [-0.4, -0.2) is 42.7 Å². The third-order valence-corrected chi connectivity index (χ3v) is 4.04. The molecule has 1 amide bonds. The molecule has 0 saturated carbocycles. The molecule has 2 aromatic rings. The Balaban J connectivity index is 1.87. The van der Waals surface area contributed by atoms with Crippen molar-refractivity contribution in [1.82, 2.24) is 4.90 Å². The fourth-order valence-electron chi connectivity index (χ4n) is 2.60. The molecular formula is C21H21F4NO4. The molecule has 5 nitrogen and oxygen atoms in total. The molecule has 1 atom stereocenters. The molecule has 0 aliphatic rings. The first-order valence-electron chi connectivity index (χ1n) is 8.99. The number of rotatable bonds is 8. The summed E-state index contributed by atoms with van der Waals surface area (Å²) in [5, 5.41) is 0. The maximum atomic E-state index is 13.3. The second kappa shape index (κ2) is 10.2. The predicted octanol–water partition coefficient (Wildman–Crippen LogP) is 4.11. The third kappa shape index (κ3) is 7.47. The smallest absolute Gasteiger partial charge is 0.411 e. The number of hydrogen-bond donors (Lipinski definition) is 0. The van der Waals surface area contributed by atoms with Crippen LogP contribution in [0.5, 0.6) is 0 Å². The van der Waals surface area contributed by atoms with E-state index in [0.717, 1.165) is 0 Å². The van der Waals surface area contributed by atoms with Crippen molar-refractivity contribution >= 4 is 11.9 Å². The molecular weight excluding hydrogens is 406 g/mol. The summed E-state index contributed by atoms with van der Waals surface area (Å²) in [4.78, 5) is 25.9. The van der Waals surface area contributed by atoms with Crippen LogP contribution in [0.25, 0.3) is 0 Å². The summed E-state index contributed by atoms with van der Waals surface area (Å²) < 4.78 is 59.2. The normalized spacial score (nSPS) is 12.3. The van der Waals surface area contributed by atoms with Gasteiger partial charge in [-0.1, -0.05) is 24.3 Å². The molecule has 0 N–H and O–H groups in total. The monoisotopic (exact) mass is 427 g/mol. The van der Waals surface area contributed by atoms with E-state index in [1.165, 1.54) is 61.3 Å². The van der Waals surface area contributed by atoms with E-state index in [9.17, 15) is 27.2 Å². The van der Waals surface area contributed by atoms with E-state index >= 15 is 0 Å². The molecule has 0 bridgehead atoms. The van der Waals surface area contributed by atoms with E-state index in [1.54, 1.807) is 6.07 Å². The summed E-state index contributed by atoms with van der Waals surface area (Å²) in [5.41, 5.74) is 1.18. The predicted molar refractivity (Wildman–Crippen MR) is 99.9 cm³/mol. The Morgan fingerprint density at radius 3 is 2.33 bits per heavy atom. The number of hydrogen-bond acceptors (Lipinski definition) is 4. The van der Waals surface area contributed by atoms with Crippen LogP contribution in [0.4, 0.5) is 17.6 Å². The standard InChI is InChI=1S/C21H21F4NO4/c1-14(19(27)26(2)11-16-4-3-5-18(22)10-16)30-20(28)17-8-6-15(7-9-17)12-29-13-21(23,24)25/h3-10,14H,11-13H2,1-2H3. The maximum absolute atomic E-state index is 13.3. The van der Waals surface area contributed by atoms with Gasteiger partial charge in [0.05, 0.1) is 12.2 Å². The molecule has 0 aromatic heterocycles. The summed E-state index contributed by atoms with van der Waals surface area (Å²) in [6.07, 6.45) is -5.49. The number of ether oxygens (including phenoxy) is 2. The average Bonchev–Trinajstić information content (AvgIpc) is 2.66. The van der Waals surface area contributed by atoms with E-state index in [0.29, 0.717) is 11.1 Å². The number of esters is 1. The fourth-order valence-corrected chi connectivity index (χ4v) is 2.60. The number of alkyl halides is 3. The van der Waals surface area contributed by atoms with Gasteiger partial charge in [0.2, 0.25) is 0 Å². The molecule has 0 aliphatic carbocycles. The van der Waals surface area contributed by atoms with Gasteiger partial charge >= 0.3 is 12.1 Å². The number of likely N-dealkylation sites (N-methyl/N-ethyl adjacent to an activating group) is 1. The van der Waals surface area contributed by atoms with E-state index < -0.39 is 36.6 Å². The van der Waals surface area contributed by atoms with Gasteiger partial charge in [0.1, 0.15) is 12.4 Å². The van der Waals surface area contributed by atoms with Crippen LogP contribution < -0.4 is 0 Å². The molecule has 0 fully saturated rings. The zero-order valence-electron chi connectivity index (χ0n) is 16.4. The van der Waals surface area contributed by atoms with Gasteiger partial charge in [-0.2, -0.15) is 13.2 Å². The van der Waals surface area contributed by atoms with E-state index in [4.69, 9.17) is 4.74 Å².